The first-order valence-electron chi connectivity index (χ1n) is 21.4. The van der Waals surface area contributed by atoms with Gasteiger partial charge in [0.2, 0.25) is 0 Å². The zero-order valence-electron chi connectivity index (χ0n) is 42.3. The Kier molecular flexibility index (Phi) is 23.5. The number of nitrogens with one attached hydrogen (secondary N) is 2. The molecule has 4 N–H and O–H groups in total. The summed E-state index contributed by atoms with van der Waals surface area (Å²) in [6, 6.07) is 32.7. The van der Waals surface area contributed by atoms with E-state index in [0.29, 0.717) is 34.2 Å². The number of hydrogen-bond donors (Lipinski definition) is 4. The van der Waals surface area contributed by atoms with E-state index in [4.69, 9.17) is 18.9 Å². The van der Waals surface area contributed by atoms with Crippen LogP contribution in [-0.4, -0.2) is 75.5 Å². The standard InChI is InChI=1S/C50H40N6O16S2.4Na/c1-69-35-11-5-31(6-12-35)51-33-9-15-37-29(19-33)23-43(73(63,64)65)47(49(37)61)55-53-39-17-3-27(21-41(39)71-25-45(57)58)28-4-18-40(42(22-28)72-26-46(59)60)54-56-48-44(74(66,67)68)24-30-20-34(10-16-38(30)50(48)62)52-32-7-13-36(70-2)14-8-32;;;;/h3-24,51-52,61-62H,25-26H2,1-2H3,(H,57,58)(H,59,60)(H,63,64,65)(H,66,67,68);;;;/q;4*+1/p-4. The summed E-state index contributed by atoms with van der Waals surface area (Å²) in [7, 11) is -7.60. The van der Waals surface area contributed by atoms with Crippen LogP contribution in [0.1, 0.15) is 0 Å². The Balaban J connectivity index is 0.00000328. The Morgan fingerprint density at radius 3 is 1.15 bits per heavy atom. The summed E-state index contributed by atoms with van der Waals surface area (Å²) in [5.41, 5.74) is 0.758. The normalized spacial score (nSPS) is 11.2. The molecule has 78 heavy (non-hydrogen) atoms. The minimum atomic E-state index is -5.32. The second kappa shape index (κ2) is 28.2. The van der Waals surface area contributed by atoms with Gasteiger partial charge >= 0.3 is 118 Å². The van der Waals surface area contributed by atoms with E-state index in [0.717, 1.165) is 12.1 Å². The van der Waals surface area contributed by atoms with E-state index in [-0.39, 0.29) is 174 Å². The summed E-state index contributed by atoms with van der Waals surface area (Å²) in [6.45, 7) is -2.05. The van der Waals surface area contributed by atoms with Crippen LogP contribution < -0.4 is 158 Å². The first kappa shape index (κ1) is 65.2. The Morgan fingerprint density at radius 1 is 0.487 bits per heavy atom. The van der Waals surface area contributed by atoms with Gasteiger partial charge in [0.1, 0.15) is 79.2 Å². The predicted octanol–water partition coefficient (Wildman–Crippen LogP) is -4.51. The number of methoxy groups -OCH3 is 2. The Morgan fingerprint density at radius 2 is 0.833 bits per heavy atom. The van der Waals surface area contributed by atoms with Crippen molar-refractivity contribution in [3.8, 4) is 45.6 Å². The van der Waals surface area contributed by atoms with Gasteiger partial charge in [0.25, 0.3) is 0 Å². The monoisotopic (exact) mass is 1130 g/mol. The minimum absolute atomic E-state index is 0. The van der Waals surface area contributed by atoms with E-state index >= 15 is 0 Å². The molecule has 0 bridgehead atoms. The van der Waals surface area contributed by atoms with Crippen molar-refractivity contribution in [3.63, 3.8) is 0 Å². The van der Waals surface area contributed by atoms with Gasteiger partial charge < -0.3 is 68.7 Å². The van der Waals surface area contributed by atoms with Crippen LogP contribution >= 0.6 is 0 Å². The third-order valence-electron chi connectivity index (χ3n) is 10.9. The number of carbonyl (C=O) groups excluding carboxylic acids is 2. The first-order valence-corrected chi connectivity index (χ1v) is 24.2. The third-order valence-corrected chi connectivity index (χ3v) is 12.6. The number of carboxylic acid groups (broad SMARTS) is 2. The number of hydrogen-bond acceptors (Lipinski definition) is 22. The van der Waals surface area contributed by atoms with Gasteiger partial charge in [-0.1, -0.05) is 12.1 Å². The largest absolute Gasteiger partial charge is 1.00 e. The maximum atomic E-state index is 12.6. The summed E-state index contributed by atoms with van der Waals surface area (Å²) in [6.07, 6.45) is 0. The number of rotatable bonds is 19. The van der Waals surface area contributed by atoms with Crippen LogP contribution in [0.3, 0.4) is 0 Å². The second-order valence-corrected chi connectivity index (χ2v) is 18.4. The number of anilines is 4. The topological polar surface area (TPSA) is 346 Å². The molecule has 0 fully saturated rings. The molecule has 28 heteroatoms. The number of aliphatic carboxylic acids is 2. The molecule has 0 spiro atoms. The molecule has 0 unspecified atom stereocenters. The molecule has 0 aliphatic carbocycles. The van der Waals surface area contributed by atoms with Crippen molar-refractivity contribution in [3.05, 3.63) is 133 Å². The molecular weight excluding hydrogens is 1100 g/mol. The van der Waals surface area contributed by atoms with Crippen molar-refractivity contribution < 1.29 is 193 Å². The number of aromatic hydroxyl groups is 2. The number of phenolic OH excluding ortho intramolecular Hbond substituents is 2. The molecule has 0 aliphatic rings. The van der Waals surface area contributed by atoms with Gasteiger partial charge in [-0.05, 0) is 143 Å². The molecule has 0 aromatic heterocycles. The van der Waals surface area contributed by atoms with Gasteiger partial charge in [0.15, 0.2) is 11.5 Å². The van der Waals surface area contributed by atoms with Crippen molar-refractivity contribution >= 4 is 99.2 Å². The molecule has 0 atom stereocenters. The molecule has 0 saturated heterocycles. The number of carboxylic acids is 2. The summed E-state index contributed by atoms with van der Waals surface area (Å²) in [4.78, 5) is 21.2. The van der Waals surface area contributed by atoms with Gasteiger partial charge in [0, 0.05) is 33.5 Å². The maximum absolute atomic E-state index is 12.6. The van der Waals surface area contributed by atoms with Crippen LogP contribution in [0.4, 0.5) is 45.5 Å². The fraction of sp³-hybridized carbons (Fsp3) is 0.0800. The van der Waals surface area contributed by atoms with Crippen LogP contribution in [0.25, 0.3) is 32.7 Å². The summed E-state index contributed by atoms with van der Waals surface area (Å²) >= 11 is 0. The van der Waals surface area contributed by atoms with Crippen molar-refractivity contribution in [2.75, 3.05) is 38.1 Å². The zero-order chi connectivity index (χ0) is 52.9. The summed E-state index contributed by atoms with van der Waals surface area (Å²) in [5.74, 6) is -4.11. The number of nitrogens with zero attached hydrogens (tertiary/aromatic N) is 4. The van der Waals surface area contributed by atoms with Crippen LogP contribution in [0.5, 0.6) is 34.5 Å². The number of azo groups is 2. The summed E-state index contributed by atoms with van der Waals surface area (Å²) in [5, 5.41) is 68.3. The van der Waals surface area contributed by atoms with Gasteiger partial charge in [0.05, 0.1) is 35.9 Å². The minimum Gasteiger partial charge on any atom is -0.744 e. The molecule has 22 nitrogen and oxygen atoms in total. The maximum Gasteiger partial charge on any atom is 1.00 e. The van der Waals surface area contributed by atoms with Crippen molar-refractivity contribution in [1.29, 1.82) is 0 Å². The molecule has 378 valence electrons. The fourth-order valence-corrected chi connectivity index (χ4v) is 8.67. The first-order chi connectivity index (χ1) is 35.3. The fourth-order valence-electron chi connectivity index (χ4n) is 7.38. The molecule has 0 heterocycles. The SMILES string of the molecule is COc1ccc(Nc2ccc3c(O)c(N=Nc4ccc(-c5ccc(N=Nc6c(S(=O)(=O)[O-])cc7cc(Nc8ccc(OC)cc8)ccc7c6O)c(OCC(=O)[O-])c5)cc4OCC(=O)[O-])c(S(=O)(=O)[O-])cc3c2)cc1.[Na+].[Na+].[Na+].[Na+]. The van der Waals surface area contributed by atoms with E-state index in [1.54, 1.807) is 60.7 Å². The van der Waals surface area contributed by atoms with Crippen LogP contribution in [0.2, 0.25) is 0 Å². The molecule has 0 amide bonds. The molecule has 8 aromatic carbocycles. The van der Waals surface area contributed by atoms with Crippen LogP contribution in [-0.2, 0) is 29.8 Å². The Hall–Kier alpha value is -5.36. The second-order valence-electron chi connectivity index (χ2n) is 15.7. The Bertz CT molecular complexity index is 3570. The molecule has 0 radical (unpaired) electrons. The molecule has 0 aliphatic heterocycles. The quantitative estimate of drug-likeness (QED) is 0.0337. The molecule has 0 saturated carbocycles. The third kappa shape index (κ3) is 15.9. The molecule has 8 rings (SSSR count). The number of benzene rings is 8. The van der Waals surface area contributed by atoms with E-state index in [1.165, 1.54) is 74.9 Å². The van der Waals surface area contributed by atoms with Gasteiger partial charge in [-0.25, -0.2) is 16.8 Å². The van der Waals surface area contributed by atoms with Crippen molar-refractivity contribution in [2.24, 2.45) is 20.5 Å². The van der Waals surface area contributed by atoms with E-state index in [1.807, 2.05) is 0 Å². The van der Waals surface area contributed by atoms with Crippen LogP contribution in [0, 0.1) is 0 Å². The average molecular weight is 1130 g/mol. The predicted molar refractivity (Wildman–Crippen MR) is 261 cm³/mol. The average Bonchev–Trinajstić information content (AvgIpc) is 3.40. The van der Waals surface area contributed by atoms with E-state index in [2.05, 4.69) is 31.1 Å². The molecule has 8 aromatic rings. The zero-order valence-corrected chi connectivity index (χ0v) is 52.0. The number of fused-ring (bicyclic) bond motifs is 2. The summed E-state index contributed by atoms with van der Waals surface area (Å²) < 4.78 is 96.7. The Labute approximate surface area is 533 Å². The van der Waals surface area contributed by atoms with Gasteiger partial charge in [-0.15, -0.1) is 20.5 Å². The van der Waals surface area contributed by atoms with Crippen molar-refractivity contribution in [2.45, 2.75) is 9.79 Å². The van der Waals surface area contributed by atoms with E-state index in [9.17, 15) is 56.0 Å². The molecular formula is C50H36N6Na4O16S2. The van der Waals surface area contributed by atoms with Crippen molar-refractivity contribution in [1.82, 2.24) is 0 Å². The number of carbonyl (C=O) groups is 2. The number of ether oxygens (including phenoxy) is 4. The van der Waals surface area contributed by atoms with E-state index < -0.39 is 78.1 Å². The smallest absolute Gasteiger partial charge is 0.744 e. The van der Waals surface area contributed by atoms with Crippen LogP contribution in [0.15, 0.2) is 164 Å². The van der Waals surface area contributed by atoms with Gasteiger partial charge in [-0.2, -0.15) is 0 Å². The van der Waals surface area contributed by atoms with Gasteiger partial charge in [-0.3, -0.25) is 0 Å². The number of phenols is 2.